The van der Waals surface area contributed by atoms with Gasteiger partial charge in [0.05, 0.1) is 6.10 Å². The molecular formula is C17H29N3O3. The van der Waals surface area contributed by atoms with Crippen molar-refractivity contribution in [2.75, 3.05) is 5.73 Å². The highest BCUT2D eigenvalue weighted by molar-refractivity contribution is 5.23. The minimum Gasteiger partial charge on any atom is -0.388 e. The van der Waals surface area contributed by atoms with Crippen LogP contribution < -0.4 is 11.4 Å². The molecule has 1 fully saturated rings. The Labute approximate surface area is 137 Å². The number of aliphatic hydroxyl groups is 1. The van der Waals surface area contributed by atoms with Crippen LogP contribution in [0.4, 0.5) is 5.82 Å². The lowest BCUT2D eigenvalue weighted by atomic mass is 9.71. The number of hydrogen-bond acceptors (Lipinski definition) is 5. The van der Waals surface area contributed by atoms with Crippen molar-refractivity contribution in [2.24, 2.45) is 16.7 Å². The first kappa shape index (κ1) is 17.9. The van der Waals surface area contributed by atoms with Gasteiger partial charge < -0.3 is 15.6 Å². The average Bonchev–Trinajstić information content (AvgIpc) is 2.63. The number of nitrogen functional groups attached to an aromatic ring is 1. The van der Waals surface area contributed by atoms with Gasteiger partial charge in [-0.2, -0.15) is 4.98 Å². The first-order valence-electron chi connectivity index (χ1n) is 8.08. The maximum atomic E-state index is 12.1. The number of anilines is 1. The molecule has 2 rings (SSSR count). The summed E-state index contributed by atoms with van der Waals surface area (Å²) >= 11 is 0. The maximum absolute atomic E-state index is 12.1. The molecule has 3 N–H and O–H groups in total. The fourth-order valence-electron chi connectivity index (χ4n) is 3.44. The highest BCUT2D eigenvalue weighted by atomic mass is 16.5. The number of aromatic nitrogens is 2. The van der Waals surface area contributed by atoms with Crippen molar-refractivity contribution < 1.29 is 9.84 Å². The molecule has 0 aromatic carbocycles. The van der Waals surface area contributed by atoms with Crippen molar-refractivity contribution in [2.45, 2.75) is 66.4 Å². The van der Waals surface area contributed by atoms with Crippen molar-refractivity contribution >= 4 is 5.82 Å². The van der Waals surface area contributed by atoms with E-state index in [1.165, 1.54) is 10.8 Å². The summed E-state index contributed by atoms with van der Waals surface area (Å²) in [5.74, 6) is 0.0912. The molecule has 1 aromatic heterocycles. The average molecular weight is 323 g/mol. The molecule has 1 aliphatic rings. The Hall–Kier alpha value is -1.40. The van der Waals surface area contributed by atoms with Crippen LogP contribution in [0.1, 0.15) is 54.2 Å². The summed E-state index contributed by atoms with van der Waals surface area (Å²) in [7, 11) is 0. The SMILES string of the molecule is CC(C)(C)C[C@H]1O[C@@H](n2ccc(N)nc2=O)[C@H](O)C1C(C)(C)C. The van der Waals surface area contributed by atoms with E-state index in [0.29, 0.717) is 0 Å². The topological polar surface area (TPSA) is 90.4 Å². The van der Waals surface area contributed by atoms with Gasteiger partial charge in [0.15, 0.2) is 6.23 Å². The summed E-state index contributed by atoms with van der Waals surface area (Å²) < 4.78 is 7.46. The van der Waals surface area contributed by atoms with Crippen LogP contribution in [0.2, 0.25) is 0 Å². The van der Waals surface area contributed by atoms with Crippen LogP contribution >= 0.6 is 0 Å². The van der Waals surface area contributed by atoms with Crippen LogP contribution in [0, 0.1) is 16.7 Å². The second-order valence-corrected chi connectivity index (χ2v) is 8.75. The van der Waals surface area contributed by atoms with Gasteiger partial charge in [-0.1, -0.05) is 41.5 Å². The number of rotatable bonds is 2. The maximum Gasteiger partial charge on any atom is 0.351 e. The molecule has 4 atom stereocenters. The monoisotopic (exact) mass is 323 g/mol. The van der Waals surface area contributed by atoms with Gasteiger partial charge in [0.1, 0.15) is 11.9 Å². The Bertz CT molecular complexity index is 613. The molecular weight excluding hydrogens is 294 g/mol. The van der Waals surface area contributed by atoms with Gasteiger partial charge in [-0.25, -0.2) is 4.79 Å². The molecule has 23 heavy (non-hydrogen) atoms. The summed E-state index contributed by atoms with van der Waals surface area (Å²) in [6.07, 6.45) is 0.717. The Morgan fingerprint density at radius 3 is 2.39 bits per heavy atom. The van der Waals surface area contributed by atoms with Gasteiger partial charge in [0.25, 0.3) is 0 Å². The lowest BCUT2D eigenvalue weighted by molar-refractivity contribution is -0.0495. The number of ether oxygens (including phenoxy) is 1. The molecule has 0 spiro atoms. The third kappa shape index (κ3) is 3.93. The van der Waals surface area contributed by atoms with Crippen molar-refractivity contribution in [3.05, 3.63) is 22.7 Å². The van der Waals surface area contributed by atoms with Gasteiger partial charge in [-0.3, -0.25) is 4.57 Å². The fraction of sp³-hybridized carbons (Fsp3) is 0.765. The molecule has 6 heteroatoms. The zero-order valence-corrected chi connectivity index (χ0v) is 14.9. The van der Waals surface area contributed by atoms with E-state index >= 15 is 0 Å². The van der Waals surface area contributed by atoms with Crippen molar-refractivity contribution in [3.8, 4) is 0 Å². The minimum absolute atomic E-state index is 0.0626. The van der Waals surface area contributed by atoms with Crippen LogP contribution in [0.3, 0.4) is 0 Å². The predicted molar refractivity (Wildman–Crippen MR) is 89.8 cm³/mol. The van der Waals surface area contributed by atoms with Gasteiger partial charge in [0.2, 0.25) is 0 Å². The van der Waals surface area contributed by atoms with E-state index < -0.39 is 18.0 Å². The smallest absolute Gasteiger partial charge is 0.351 e. The molecule has 0 amide bonds. The van der Waals surface area contributed by atoms with E-state index in [2.05, 4.69) is 46.5 Å². The zero-order valence-electron chi connectivity index (χ0n) is 14.9. The lowest BCUT2D eigenvalue weighted by Gasteiger charge is -2.35. The zero-order chi connectivity index (χ0) is 17.6. The summed E-state index contributed by atoms with van der Waals surface area (Å²) in [6, 6.07) is 1.54. The molecule has 0 bridgehead atoms. The third-order valence-corrected chi connectivity index (χ3v) is 4.31. The summed E-state index contributed by atoms with van der Waals surface area (Å²) in [4.78, 5) is 15.8. The Balaban J connectivity index is 2.38. The number of aliphatic hydroxyl groups excluding tert-OH is 1. The molecule has 0 aliphatic carbocycles. The highest BCUT2D eigenvalue weighted by Gasteiger charge is 2.50. The molecule has 1 aromatic rings. The molecule has 1 saturated heterocycles. The summed E-state index contributed by atoms with van der Waals surface area (Å²) in [5, 5.41) is 10.9. The second kappa shape index (κ2) is 5.91. The van der Waals surface area contributed by atoms with Crippen LogP contribution in [-0.4, -0.2) is 26.9 Å². The fourth-order valence-corrected chi connectivity index (χ4v) is 3.44. The quantitative estimate of drug-likeness (QED) is 0.870. The normalized spacial score (nSPS) is 29.0. The van der Waals surface area contributed by atoms with Gasteiger partial charge in [0, 0.05) is 12.1 Å². The van der Waals surface area contributed by atoms with Gasteiger partial charge in [-0.05, 0) is 23.3 Å². The standard InChI is InChI=1S/C17H29N3O3/c1-16(2,3)9-10-12(17(4,5)6)13(21)14(23-10)20-8-7-11(18)19-15(20)22/h7-8,10,12-14,21H,9H2,1-6H3,(H2,18,19,22)/t10-,12?,13-,14-/m1/s1. The van der Waals surface area contributed by atoms with Crippen molar-refractivity contribution in [1.82, 2.24) is 9.55 Å². The first-order chi connectivity index (χ1) is 10.4. The van der Waals surface area contributed by atoms with E-state index in [-0.39, 0.29) is 28.7 Å². The van der Waals surface area contributed by atoms with Crippen LogP contribution in [0.15, 0.2) is 17.1 Å². The van der Waals surface area contributed by atoms with E-state index in [9.17, 15) is 9.90 Å². The van der Waals surface area contributed by atoms with Crippen molar-refractivity contribution in [3.63, 3.8) is 0 Å². The molecule has 0 saturated carbocycles. The Morgan fingerprint density at radius 1 is 1.30 bits per heavy atom. The van der Waals surface area contributed by atoms with Gasteiger partial charge in [-0.15, -0.1) is 0 Å². The van der Waals surface area contributed by atoms with Crippen LogP contribution in [-0.2, 0) is 4.74 Å². The molecule has 1 unspecified atom stereocenters. The number of nitrogens with zero attached hydrogens (tertiary/aromatic N) is 2. The third-order valence-electron chi connectivity index (χ3n) is 4.31. The van der Waals surface area contributed by atoms with Crippen LogP contribution in [0.5, 0.6) is 0 Å². The van der Waals surface area contributed by atoms with Crippen molar-refractivity contribution in [1.29, 1.82) is 0 Å². The highest BCUT2D eigenvalue weighted by Crippen LogP contribution is 2.46. The largest absolute Gasteiger partial charge is 0.388 e. The first-order valence-corrected chi connectivity index (χ1v) is 8.08. The molecule has 130 valence electrons. The number of hydrogen-bond donors (Lipinski definition) is 2. The summed E-state index contributed by atoms with van der Waals surface area (Å²) in [6.45, 7) is 12.7. The van der Waals surface area contributed by atoms with E-state index in [1.807, 2.05) is 0 Å². The lowest BCUT2D eigenvalue weighted by Crippen LogP contribution is -2.39. The summed E-state index contributed by atoms with van der Waals surface area (Å²) in [5.41, 5.74) is 4.96. The number of nitrogens with two attached hydrogens (primary N) is 1. The van der Waals surface area contributed by atoms with E-state index in [4.69, 9.17) is 10.5 Å². The Morgan fingerprint density at radius 2 is 1.91 bits per heavy atom. The van der Waals surface area contributed by atoms with Crippen LogP contribution in [0.25, 0.3) is 0 Å². The van der Waals surface area contributed by atoms with E-state index in [0.717, 1.165) is 6.42 Å². The predicted octanol–water partition coefficient (Wildman–Crippen LogP) is 2.18. The second-order valence-electron chi connectivity index (χ2n) is 8.75. The van der Waals surface area contributed by atoms with Gasteiger partial charge >= 0.3 is 5.69 Å². The molecule has 0 radical (unpaired) electrons. The minimum atomic E-state index is -0.773. The molecule has 1 aliphatic heterocycles. The molecule has 6 nitrogen and oxygen atoms in total. The molecule has 2 heterocycles. The Kier molecular flexibility index (Phi) is 4.61. The van der Waals surface area contributed by atoms with E-state index in [1.54, 1.807) is 6.07 Å².